The summed E-state index contributed by atoms with van der Waals surface area (Å²) in [6.07, 6.45) is 0. The fraction of sp³-hybridized carbons (Fsp3) is 0.118. The van der Waals surface area contributed by atoms with Crippen LogP contribution in [0, 0.1) is 6.92 Å². The van der Waals surface area contributed by atoms with Gasteiger partial charge in [0.05, 0.1) is 0 Å². The summed E-state index contributed by atoms with van der Waals surface area (Å²) in [5.74, 6) is -0.156. The third-order valence-corrected chi connectivity index (χ3v) is 3.23. The lowest BCUT2D eigenvalue weighted by Crippen LogP contribution is -2.49. The highest BCUT2D eigenvalue weighted by molar-refractivity contribution is 7.80. The fourth-order valence-electron chi connectivity index (χ4n) is 1.83. The minimum Gasteiger partial charge on any atom is -0.483 e. The average molecular weight is 343 g/mol. The Labute approximate surface area is 145 Å². The lowest BCUT2D eigenvalue weighted by atomic mass is 10.2. The predicted octanol–water partition coefficient (Wildman–Crippen LogP) is 1.71. The zero-order valence-corrected chi connectivity index (χ0v) is 13.9. The second-order valence-electron chi connectivity index (χ2n) is 4.88. The second kappa shape index (κ2) is 8.64. The number of hydrogen-bond donors (Lipinski definition) is 3. The summed E-state index contributed by atoms with van der Waals surface area (Å²) in [6.45, 7) is 1.71. The van der Waals surface area contributed by atoms with Gasteiger partial charge in [0.25, 0.3) is 11.8 Å². The fourth-order valence-corrected chi connectivity index (χ4v) is 2.00. The lowest BCUT2D eigenvalue weighted by Gasteiger charge is -2.12. The molecule has 2 amide bonds. The number of para-hydroxylation sites is 1. The number of hydrazine groups is 1. The van der Waals surface area contributed by atoms with Gasteiger partial charge in [-0.05, 0) is 42.9 Å². The van der Waals surface area contributed by atoms with Crippen LogP contribution in [0.1, 0.15) is 15.9 Å². The number of carbonyl (C=O) groups excluding carboxylic acids is 2. The summed E-state index contributed by atoms with van der Waals surface area (Å²) in [7, 11) is 0. The van der Waals surface area contributed by atoms with Crippen molar-refractivity contribution < 1.29 is 14.3 Å². The molecule has 0 aliphatic heterocycles. The molecule has 0 heterocycles. The highest BCUT2D eigenvalue weighted by Crippen LogP contribution is 2.15. The topological polar surface area (TPSA) is 79.5 Å². The Kier molecular flexibility index (Phi) is 6.27. The van der Waals surface area contributed by atoms with E-state index in [-0.39, 0.29) is 17.6 Å². The van der Waals surface area contributed by atoms with Crippen LogP contribution in [0.15, 0.2) is 54.6 Å². The minimum atomic E-state index is -0.426. The average Bonchev–Trinajstić information content (AvgIpc) is 2.59. The van der Waals surface area contributed by atoms with Gasteiger partial charge >= 0.3 is 0 Å². The number of amides is 2. The normalized spacial score (nSPS) is 9.71. The van der Waals surface area contributed by atoms with E-state index in [0.717, 1.165) is 5.56 Å². The third-order valence-electron chi connectivity index (χ3n) is 3.03. The molecule has 0 atom stereocenters. The Morgan fingerprint density at radius 3 is 2.38 bits per heavy atom. The van der Waals surface area contributed by atoms with E-state index >= 15 is 0 Å². The van der Waals surface area contributed by atoms with E-state index in [2.05, 4.69) is 16.2 Å². The van der Waals surface area contributed by atoms with E-state index in [0.29, 0.717) is 11.3 Å². The molecule has 0 aliphatic carbocycles. The number of ether oxygens (including phenoxy) is 1. The van der Waals surface area contributed by atoms with E-state index in [1.165, 1.54) is 0 Å². The molecule has 124 valence electrons. The molecule has 0 bridgehead atoms. The van der Waals surface area contributed by atoms with Crippen molar-refractivity contribution in [2.75, 3.05) is 6.61 Å². The van der Waals surface area contributed by atoms with Crippen LogP contribution in [0.3, 0.4) is 0 Å². The second-order valence-corrected chi connectivity index (χ2v) is 5.28. The molecular formula is C17H17N3O3S. The summed E-state index contributed by atoms with van der Waals surface area (Å²) < 4.78 is 5.41. The molecule has 0 saturated carbocycles. The molecule has 6 nitrogen and oxygen atoms in total. The molecule has 0 aromatic heterocycles. The van der Waals surface area contributed by atoms with Crippen LogP contribution in [0.25, 0.3) is 0 Å². The van der Waals surface area contributed by atoms with Crippen LogP contribution in [0.2, 0.25) is 0 Å². The molecule has 2 aromatic carbocycles. The number of hydrogen-bond acceptors (Lipinski definition) is 4. The van der Waals surface area contributed by atoms with Crippen molar-refractivity contribution in [3.05, 3.63) is 65.7 Å². The standard InChI is InChI=1S/C17H17N3O3S/c1-12-7-5-6-10-14(12)23-11-15(21)18-17(24)20-19-16(22)13-8-3-2-4-9-13/h2-10H,11H2,1H3,(H,19,22)(H2,18,20,21,24). The smallest absolute Gasteiger partial charge is 0.269 e. The Balaban J connectivity index is 1.73. The predicted molar refractivity (Wildman–Crippen MR) is 94.5 cm³/mol. The third kappa shape index (κ3) is 5.36. The number of thiocarbonyl (C=S) groups is 1. The van der Waals surface area contributed by atoms with Crippen molar-refractivity contribution in [3.8, 4) is 5.75 Å². The van der Waals surface area contributed by atoms with Crippen molar-refractivity contribution in [2.45, 2.75) is 6.92 Å². The minimum absolute atomic E-state index is 0.0161. The molecule has 0 saturated heterocycles. The molecule has 0 aliphatic rings. The maximum atomic E-state index is 11.8. The molecular weight excluding hydrogens is 326 g/mol. The Morgan fingerprint density at radius 1 is 1.00 bits per heavy atom. The van der Waals surface area contributed by atoms with Gasteiger partial charge in [-0.25, -0.2) is 0 Å². The van der Waals surface area contributed by atoms with Gasteiger partial charge in [0, 0.05) is 5.56 Å². The van der Waals surface area contributed by atoms with Gasteiger partial charge in [-0.2, -0.15) is 0 Å². The number of aryl methyl sites for hydroxylation is 1. The van der Waals surface area contributed by atoms with Crippen molar-refractivity contribution in [3.63, 3.8) is 0 Å². The molecule has 0 radical (unpaired) electrons. The largest absolute Gasteiger partial charge is 0.483 e. The summed E-state index contributed by atoms with van der Waals surface area (Å²) >= 11 is 4.94. The maximum absolute atomic E-state index is 11.8. The van der Waals surface area contributed by atoms with Crippen LogP contribution >= 0.6 is 12.2 Å². The van der Waals surface area contributed by atoms with Gasteiger partial charge < -0.3 is 4.74 Å². The van der Waals surface area contributed by atoms with Gasteiger partial charge in [-0.3, -0.25) is 25.8 Å². The van der Waals surface area contributed by atoms with E-state index in [9.17, 15) is 9.59 Å². The molecule has 0 unspecified atom stereocenters. The van der Waals surface area contributed by atoms with Gasteiger partial charge in [-0.1, -0.05) is 36.4 Å². The summed E-state index contributed by atoms with van der Waals surface area (Å²) in [6, 6.07) is 16.0. The summed E-state index contributed by atoms with van der Waals surface area (Å²) in [5.41, 5.74) is 6.27. The van der Waals surface area contributed by atoms with Gasteiger partial charge in [0.2, 0.25) is 0 Å². The maximum Gasteiger partial charge on any atom is 0.269 e. The first-order valence-electron chi connectivity index (χ1n) is 7.20. The van der Waals surface area contributed by atoms with Crippen molar-refractivity contribution >= 4 is 29.1 Å². The van der Waals surface area contributed by atoms with E-state index < -0.39 is 5.91 Å². The van der Waals surface area contributed by atoms with E-state index in [4.69, 9.17) is 17.0 Å². The van der Waals surface area contributed by atoms with Gasteiger partial charge in [0.1, 0.15) is 5.75 Å². The molecule has 0 spiro atoms. The molecule has 2 rings (SSSR count). The first-order chi connectivity index (χ1) is 11.6. The SMILES string of the molecule is Cc1ccccc1OCC(=O)NC(=S)NNC(=O)c1ccccc1. The molecule has 3 N–H and O–H groups in total. The van der Waals surface area contributed by atoms with Gasteiger partial charge in [-0.15, -0.1) is 0 Å². The van der Waals surface area contributed by atoms with Gasteiger partial charge in [0.15, 0.2) is 11.7 Å². The first-order valence-corrected chi connectivity index (χ1v) is 7.61. The zero-order chi connectivity index (χ0) is 17.4. The summed E-state index contributed by atoms with van der Waals surface area (Å²) in [4.78, 5) is 23.6. The van der Waals surface area contributed by atoms with Crippen LogP contribution in [0.5, 0.6) is 5.75 Å². The van der Waals surface area contributed by atoms with Crippen molar-refractivity contribution in [1.29, 1.82) is 0 Å². The van der Waals surface area contributed by atoms with Crippen LogP contribution in [-0.4, -0.2) is 23.5 Å². The molecule has 0 fully saturated rings. The lowest BCUT2D eigenvalue weighted by molar-refractivity contribution is -0.121. The highest BCUT2D eigenvalue weighted by atomic mass is 32.1. The quantitative estimate of drug-likeness (QED) is 0.582. The number of carbonyl (C=O) groups is 2. The van der Waals surface area contributed by atoms with Crippen molar-refractivity contribution in [2.24, 2.45) is 0 Å². The Morgan fingerprint density at radius 2 is 1.67 bits per heavy atom. The number of benzene rings is 2. The Bertz CT molecular complexity index is 735. The molecule has 7 heteroatoms. The first kappa shape index (κ1) is 17.4. The highest BCUT2D eigenvalue weighted by Gasteiger charge is 2.08. The number of rotatable bonds is 4. The monoisotopic (exact) mass is 343 g/mol. The zero-order valence-electron chi connectivity index (χ0n) is 13.0. The number of nitrogens with one attached hydrogen (secondary N) is 3. The molecule has 2 aromatic rings. The van der Waals surface area contributed by atoms with Crippen LogP contribution < -0.4 is 20.9 Å². The van der Waals surface area contributed by atoms with E-state index in [1.54, 1.807) is 30.3 Å². The van der Waals surface area contributed by atoms with Crippen molar-refractivity contribution in [1.82, 2.24) is 16.2 Å². The van der Waals surface area contributed by atoms with Crippen LogP contribution in [-0.2, 0) is 4.79 Å². The summed E-state index contributed by atoms with van der Waals surface area (Å²) in [5, 5.41) is 2.40. The molecule has 24 heavy (non-hydrogen) atoms. The Hall–Kier alpha value is -2.93. The van der Waals surface area contributed by atoms with Crippen LogP contribution in [0.4, 0.5) is 0 Å². The van der Waals surface area contributed by atoms with E-state index in [1.807, 2.05) is 31.2 Å².